The van der Waals surface area contributed by atoms with Crippen LogP contribution in [0.3, 0.4) is 0 Å². The van der Waals surface area contributed by atoms with E-state index >= 15 is 0 Å². The lowest BCUT2D eigenvalue weighted by Crippen LogP contribution is -3.00. The number of fused-ring (bicyclic) bond motifs is 3. The topological polar surface area (TPSA) is 38.8 Å². The quantitative estimate of drug-likeness (QED) is 0.269. The van der Waals surface area contributed by atoms with Crippen molar-refractivity contribution >= 4 is 5.97 Å². The summed E-state index contributed by atoms with van der Waals surface area (Å²) in [5.74, 6) is 1.38. The van der Waals surface area contributed by atoms with E-state index in [1.165, 1.54) is 19.5 Å². The second-order valence-electron chi connectivity index (χ2n) is 11.0. The molecule has 0 aromatic heterocycles. The lowest BCUT2D eigenvalue weighted by Gasteiger charge is -2.52. The monoisotopic (exact) mass is 556 g/mol. The molecular formula is C30H41BrN2O3. The van der Waals surface area contributed by atoms with Gasteiger partial charge >= 0.3 is 5.97 Å². The highest BCUT2D eigenvalue weighted by Gasteiger charge is 2.50. The molecule has 6 rings (SSSR count). The van der Waals surface area contributed by atoms with Crippen molar-refractivity contribution in [2.75, 3.05) is 45.9 Å². The molecule has 2 aromatic carbocycles. The first-order chi connectivity index (χ1) is 17.1. The third kappa shape index (κ3) is 5.81. The van der Waals surface area contributed by atoms with Crippen LogP contribution in [0.5, 0.6) is 5.75 Å². The van der Waals surface area contributed by atoms with E-state index in [2.05, 4.69) is 24.0 Å². The largest absolute Gasteiger partial charge is 1.00 e. The molecule has 36 heavy (non-hydrogen) atoms. The molecule has 0 aliphatic carbocycles. The number of esters is 1. The minimum Gasteiger partial charge on any atom is -1.00 e. The summed E-state index contributed by atoms with van der Waals surface area (Å²) in [6.07, 6.45) is 6.89. The summed E-state index contributed by atoms with van der Waals surface area (Å²) in [7, 11) is 0. The molecule has 0 saturated carbocycles. The number of benzene rings is 2. The first-order valence-electron chi connectivity index (χ1n) is 13.6. The molecule has 0 spiro atoms. The number of halogens is 1. The normalized spacial score (nSPS) is 27.5. The van der Waals surface area contributed by atoms with Gasteiger partial charge in [-0.3, -0.25) is 4.90 Å². The number of hydrogen-bond donors (Lipinski definition) is 0. The summed E-state index contributed by atoms with van der Waals surface area (Å²) in [6.45, 7) is 9.17. The van der Waals surface area contributed by atoms with Gasteiger partial charge in [0.05, 0.1) is 26.2 Å². The minimum atomic E-state index is -0.720. The van der Waals surface area contributed by atoms with Crippen molar-refractivity contribution in [3.8, 4) is 5.75 Å². The molecule has 6 heteroatoms. The van der Waals surface area contributed by atoms with Crippen LogP contribution in [0.25, 0.3) is 0 Å². The number of para-hydroxylation sites is 1. The highest BCUT2D eigenvalue weighted by Crippen LogP contribution is 2.38. The molecule has 0 unspecified atom stereocenters. The number of carbonyl (C=O) groups is 1. The third-order valence-electron chi connectivity index (χ3n) is 8.81. The zero-order valence-electron chi connectivity index (χ0n) is 21.6. The molecule has 4 fully saturated rings. The Morgan fingerprint density at radius 1 is 0.972 bits per heavy atom. The number of rotatable bonds is 9. The Morgan fingerprint density at radius 2 is 1.61 bits per heavy atom. The first-order valence-corrected chi connectivity index (χ1v) is 13.6. The van der Waals surface area contributed by atoms with Crippen LogP contribution in [0.2, 0.25) is 0 Å². The Labute approximate surface area is 227 Å². The predicted octanol–water partition coefficient (Wildman–Crippen LogP) is 2.01. The summed E-state index contributed by atoms with van der Waals surface area (Å²) in [5, 5.41) is 0. The second-order valence-corrected chi connectivity index (χ2v) is 11.0. The predicted molar refractivity (Wildman–Crippen MR) is 138 cm³/mol. The zero-order valence-corrected chi connectivity index (χ0v) is 23.2. The summed E-state index contributed by atoms with van der Waals surface area (Å²) in [6, 6.07) is 20.3. The van der Waals surface area contributed by atoms with Gasteiger partial charge in [0.2, 0.25) is 0 Å². The van der Waals surface area contributed by atoms with Crippen LogP contribution in [0.4, 0.5) is 0 Å². The molecule has 0 N–H and O–H groups in total. The van der Waals surface area contributed by atoms with E-state index in [0.29, 0.717) is 5.92 Å². The van der Waals surface area contributed by atoms with Gasteiger partial charge in [-0.2, -0.15) is 0 Å². The van der Waals surface area contributed by atoms with Crippen LogP contribution in [0, 0.1) is 5.92 Å². The van der Waals surface area contributed by atoms with Gasteiger partial charge in [-0.15, -0.1) is 0 Å². The standard InChI is InChI=1S/C30H41N2O3.BrH/c1-30(26-12-5-2-6-13-26,31-18-9-4-10-19-31)29(33)35-28-24-32(21-16-25(28)17-22-32)20-11-23-34-27-14-7-3-8-15-27;/h2-3,5-8,12-15,25,28H,4,9-11,16-24H2,1H3;1H/q+1;/p-1/t25?,28-,30-,32?;/m0./s1. The third-order valence-corrected chi connectivity index (χ3v) is 8.81. The molecule has 0 radical (unpaired) electrons. The van der Waals surface area contributed by atoms with Gasteiger partial charge in [0.15, 0.2) is 6.10 Å². The Kier molecular flexibility index (Phi) is 9.13. The lowest BCUT2D eigenvalue weighted by molar-refractivity contribution is -0.946. The van der Waals surface area contributed by atoms with Crippen molar-refractivity contribution in [3.05, 3.63) is 66.2 Å². The molecule has 196 valence electrons. The van der Waals surface area contributed by atoms with Gasteiger partial charge in [-0.25, -0.2) is 4.79 Å². The van der Waals surface area contributed by atoms with Crippen molar-refractivity contribution in [3.63, 3.8) is 0 Å². The number of ether oxygens (including phenoxy) is 2. The highest BCUT2D eigenvalue weighted by molar-refractivity contribution is 5.82. The van der Waals surface area contributed by atoms with Crippen molar-refractivity contribution < 1.29 is 35.7 Å². The number of likely N-dealkylation sites (tertiary alicyclic amines) is 1. The van der Waals surface area contributed by atoms with Crippen LogP contribution in [0.15, 0.2) is 60.7 Å². The maximum absolute atomic E-state index is 13.9. The fourth-order valence-electron chi connectivity index (χ4n) is 6.56. The maximum atomic E-state index is 13.9. The van der Waals surface area contributed by atoms with Gasteiger partial charge in [0.1, 0.15) is 17.8 Å². The Balaban J connectivity index is 0.00000304. The highest BCUT2D eigenvalue weighted by atomic mass is 79.9. The molecule has 4 aliphatic heterocycles. The van der Waals surface area contributed by atoms with Crippen LogP contribution in [-0.2, 0) is 15.1 Å². The van der Waals surface area contributed by atoms with Crippen molar-refractivity contribution in [2.45, 2.75) is 57.1 Å². The average molecular weight is 558 g/mol. The molecule has 4 saturated heterocycles. The second kappa shape index (κ2) is 12.1. The lowest BCUT2D eigenvalue weighted by atomic mass is 9.82. The molecule has 2 bridgehead atoms. The number of hydrogen-bond acceptors (Lipinski definition) is 4. The van der Waals surface area contributed by atoms with Gasteiger partial charge in [0.25, 0.3) is 0 Å². The summed E-state index contributed by atoms with van der Waals surface area (Å²) in [5.41, 5.74) is 0.331. The van der Waals surface area contributed by atoms with Crippen molar-refractivity contribution in [1.82, 2.24) is 4.90 Å². The van der Waals surface area contributed by atoms with Gasteiger partial charge < -0.3 is 30.9 Å². The van der Waals surface area contributed by atoms with E-state index in [4.69, 9.17) is 9.47 Å². The number of piperidine rings is 4. The minimum absolute atomic E-state index is 0. The molecule has 2 aromatic rings. The van der Waals surface area contributed by atoms with Gasteiger partial charge in [0, 0.05) is 25.2 Å². The Hall–Kier alpha value is -1.89. The summed E-state index contributed by atoms with van der Waals surface area (Å²) < 4.78 is 13.5. The summed E-state index contributed by atoms with van der Waals surface area (Å²) in [4.78, 5) is 16.3. The van der Waals surface area contributed by atoms with E-state index in [0.717, 1.165) is 80.7 Å². The Bertz CT molecular complexity index is 959. The number of quaternary nitrogens is 1. The SMILES string of the molecule is C[C@@](C(=O)O[C@H]1C[N+]2(CCCOc3ccccc3)CCC1CC2)(c1ccccc1)N1CCCCC1.[Br-]. The van der Waals surface area contributed by atoms with Gasteiger partial charge in [-0.05, 0) is 50.6 Å². The van der Waals surface area contributed by atoms with E-state index in [9.17, 15) is 4.79 Å². The first kappa shape index (κ1) is 27.2. The van der Waals surface area contributed by atoms with E-state index < -0.39 is 5.54 Å². The molecule has 5 nitrogen and oxygen atoms in total. The molecule has 0 amide bonds. The fraction of sp³-hybridized carbons (Fsp3) is 0.567. The Morgan fingerprint density at radius 3 is 2.28 bits per heavy atom. The number of nitrogens with zero attached hydrogens (tertiary/aromatic N) is 2. The molecule has 4 heterocycles. The van der Waals surface area contributed by atoms with E-state index in [1.807, 2.05) is 48.5 Å². The molecule has 4 aliphatic rings. The van der Waals surface area contributed by atoms with Gasteiger partial charge in [-0.1, -0.05) is 55.0 Å². The van der Waals surface area contributed by atoms with E-state index in [-0.39, 0.29) is 29.1 Å². The molecule has 2 atom stereocenters. The average Bonchev–Trinajstić information content (AvgIpc) is 2.93. The van der Waals surface area contributed by atoms with Crippen LogP contribution < -0.4 is 21.7 Å². The fourth-order valence-corrected chi connectivity index (χ4v) is 6.56. The molecular weight excluding hydrogens is 516 g/mol. The zero-order chi connectivity index (χ0) is 24.1. The van der Waals surface area contributed by atoms with Crippen molar-refractivity contribution in [2.24, 2.45) is 5.92 Å². The summed E-state index contributed by atoms with van der Waals surface area (Å²) >= 11 is 0. The van der Waals surface area contributed by atoms with Crippen LogP contribution in [0.1, 0.15) is 51.0 Å². The van der Waals surface area contributed by atoms with Crippen molar-refractivity contribution in [1.29, 1.82) is 0 Å². The maximum Gasteiger partial charge on any atom is 0.331 e. The van der Waals surface area contributed by atoms with E-state index in [1.54, 1.807) is 0 Å². The number of carbonyl (C=O) groups excluding carboxylic acids is 1. The smallest absolute Gasteiger partial charge is 0.331 e. The van der Waals surface area contributed by atoms with Crippen LogP contribution in [-0.4, -0.2) is 67.3 Å². The van der Waals surface area contributed by atoms with Crippen LogP contribution >= 0.6 is 0 Å².